The third kappa shape index (κ3) is 4.12. The molecule has 1 fully saturated rings. The van der Waals surface area contributed by atoms with Gasteiger partial charge in [-0.3, -0.25) is 0 Å². The molecule has 0 atom stereocenters. The Morgan fingerprint density at radius 1 is 1.20 bits per heavy atom. The van der Waals surface area contributed by atoms with E-state index in [0.29, 0.717) is 0 Å². The van der Waals surface area contributed by atoms with E-state index in [2.05, 4.69) is 25.8 Å². The fourth-order valence-corrected chi connectivity index (χ4v) is 2.75. The van der Waals surface area contributed by atoms with Gasteiger partial charge < -0.3 is 10.0 Å². The minimum atomic E-state index is -0.374. The summed E-state index contributed by atoms with van der Waals surface area (Å²) in [6.07, 6.45) is 6.91. The maximum Gasteiger partial charge on any atom is 0.0774 e. The van der Waals surface area contributed by atoms with Crippen LogP contribution in [0.3, 0.4) is 0 Å². The number of rotatable bonds is 6. The van der Waals surface area contributed by atoms with Gasteiger partial charge in [0.2, 0.25) is 0 Å². The molecule has 0 aromatic carbocycles. The lowest BCUT2D eigenvalue weighted by molar-refractivity contribution is 0.0126. The van der Waals surface area contributed by atoms with Gasteiger partial charge in [-0.05, 0) is 25.8 Å². The highest BCUT2D eigenvalue weighted by molar-refractivity contribution is 4.86. The molecule has 1 aliphatic rings. The molecule has 1 saturated carbocycles. The molecule has 0 aliphatic heterocycles. The molecule has 0 radical (unpaired) electrons. The molecule has 0 unspecified atom stereocenters. The summed E-state index contributed by atoms with van der Waals surface area (Å²) in [5.74, 6) is 0.792. The molecule has 0 aromatic heterocycles. The van der Waals surface area contributed by atoms with Gasteiger partial charge in [0.15, 0.2) is 0 Å². The molecule has 1 aliphatic carbocycles. The second kappa shape index (κ2) is 5.86. The maximum atomic E-state index is 10.3. The molecule has 0 heterocycles. The topological polar surface area (TPSA) is 23.5 Å². The highest BCUT2D eigenvalue weighted by Gasteiger charge is 2.32. The van der Waals surface area contributed by atoms with E-state index < -0.39 is 0 Å². The molecule has 0 aromatic rings. The predicted octanol–water partition coefficient (Wildman–Crippen LogP) is 2.66. The first kappa shape index (κ1) is 13.0. The van der Waals surface area contributed by atoms with Gasteiger partial charge >= 0.3 is 0 Å². The molecule has 2 nitrogen and oxygen atoms in total. The lowest BCUT2D eigenvalue weighted by Crippen LogP contribution is -2.40. The van der Waals surface area contributed by atoms with E-state index in [1.54, 1.807) is 0 Å². The summed E-state index contributed by atoms with van der Waals surface area (Å²) < 4.78 is 0. The lowest BCUT2D eigenvalue weighted by Gasteiger charge is -2.30. The molecule has 15 heavy (non-hydrogen) atoms. The molecule has 0 saturated heterocycles. The molecule has 1 rings (SSSR count). The van der Waals surface area contributed by atoms with Crippen LogP contribution in [0, 0.1) is 5.92 Å². The summed E-state index contributed by atoms with van der Waals surface area (Å²) in [7, 11) is 2.15. The standard InChI is InChI=1S/C13H27NO/c1-4-12(5-2)10-14(3)11-13(15)8-6-7-9-13/h12,15H,4-11H2,1-3H3. The summed E-state index contributed by atoms with van der Waals surface area (Å²) in [6.45, 7) is 6.51. The first-order chi connectivity index (χ1) is 7.09. The first-order valence-electron chi connectivity index (χ1n) is 6.50. The first-order valence-corrected chi connectivity index (χ1v) is 6.50. The van der Waals surface area contributed by atoms with E-state index in [9.17, 15) is 5.11 Å². The van der Waals surface area contributed by atoms with Crippen molar-refractivity contribution in [1.82, 2.24) is 4.90 Å². The summed E-state index contributed by atoms with van der Waals surface area (Å²) in [4.78, 5) is 2.32. The fraction of sp³-hybridized carbons (Fsp3) is 1.00. The number of hydrogen-bond donors (Lipinski definition) is 1. The highest BCUT2D eigenvalue weighted by Crippen LogP contribution is 2.30. The Labute approximate surface area is 94.7 Å². The van der Waals surface area contributed by atoms with Crippen LogP contribution in [0.25, 0.3) is 0 Å². The van der Waals surface area contributed by atoms with Crippen molar-refractivity contribution in [3.8, 4) is 0 Å². The minimum absolute atomic E-state index is 0.374. The van der Waals surface area contributed by atoms with Gasteiger partial charge in [0, 0.05) is 13.1 Å². The third-order valence-electron chi connectivity index (χ3n) is 3.82. The smallest absolute Gasteiger partial charge is 0.0774 e. The van der Waals surface area contributed by atoms with E-state index in [-0.39, 0.29) is 5.60 Å². The second-order valence-corrected chi connectivity index (χ2v) is 5.31. The Morgan fingerprint density at radius 3 is 2.20 bits per heavy atom. The molecule has 90 valence electrons. The van der Waals surface area contributed by atoms with Crippen molar-refractivity contribution in [2.75, 3.05) is 20.1 Å². The number of hydrogen-bond acceptors (Lipinski definition) is 2. The molecule has 2 heteroatoms. The summed E-state index contributed by atoms with van der Waals surface area (Å²) in [6, 6.07) is 0. The number of likely N-dealkylation sites (N-methyl/N-ethyl adjacent to an activating group) is 1. The Kier molecular flexibility index (Phi) is 5.07. The van der Waals surface area contributed by atoms with Gasteiger partial charge in [0.1, 0.15) is 0 Å². The van der Waals surface area contributed by atoms with Crippen LogP contribution in [0.2, 0.25) is 0 Å². The van der Waals surface area contributed by atoms with Gasteiger partial charge in [-0.2, -0.15) is 0 Å². The Morgan fingerprint density at radius 2 is 1.73 bits per heavy atom. The maximum absolute atomic E-state index is 10.3. The van der Waals surface area contributed by atoms with Crippen LogP contribution in [-0.4, -0.2) is 35.7 Å². The van der Waals surface area contributed by atoms with Gasteiger partial charge in [0.05, 0.1) is 5.60 Å². The van der Waals surface area contributed by atoms with Gasteiger partial charge in [-0.15, -0.1) is 0 Å². The molecule has 0 amide bonds. The third-order valence-corrected chi connectivity index (χ3v) is 3.82. The van der Waals surface area contributed by atoms with Crippen LogP contribution in [0.15, 0.2) is 0 Å². The quantitative estimate of drug-likeness (QED) is 0.733. The zero-order valence-corrected chi connectivity index (χ0v) is 10.6. The highest BCUT2D eigenvalue weighted by atomic mass is 16.3. The Bertz CT molecular complexity index is 171. The number of aliphatic hydroxyl groups is 1. The largest absolute Gasteiger partial charge is 0.389 e. The molecular weight excluding hydrogens is 186 g/mol. The second-order valence-electron chi connectivity index (χ2n) is 5.31. The normalized spacial score (nSPS) is 20.4. The van der Waals surface area contributed by atoms with Crippen LogP contribution in [0.5, 0.6) is 0 Å². The van der Waals surface area contributed by atoms with Crippen LogP contribution in [0.1, 0.15) is 52.4 Å². The molecule has 0 bridgehead atoms. The van der Waals surface area contributed by atoms with E-state index in [4.69, 9.17) is 0 Å². The van der Waals surface area contributed by atoms with E-state index in [0.717, 1.165) is 31.8 Å². The Hall–Kier alpha value is -0.0800. The van der Waals surface area contributed by atoms with E-state index in [1.165, 1.54) is 25.7 Å². The van der Waals surface area contributed by atoms with Gasteiger partial charge in [0.25, 0.3) is 0 Å². The lowest BCUT2D eigenvalue weighted by atomic mass is 9.99. The average molecular weight is 213 g/mol. The van der Waals surface area contributed by atoms with Crippen molar-refractivity contribution in [3.63, 3.8) is 0 Å². The van der Waals surface area contributed by atoms with E-state index >= 15 is 0 Å². The van der Waals surface area contributed by atoms with Crippen molar-refractivity contribution in [3.05, 3.63) is 0 Å². The molecular formula is C13H27NO. The average Bonchev–Trinajstić information content (AvgIpc) is 2.61. The number of nitrogens with zero attached hydrogens (tertiary/aromatic N) is 1. The summed E-state index contributed by atoms with van der Waals surface area (Å²) >= 11 is 0. The predicted molar refractivity (Wildman–Crippen MR) is 65.0 cm³/mol. The van der Waals surface area contributed by atoms with Crippen LogP contribution < -0.4 is 0 Å². The molecule has 1 N–H and O–H groups in total. The minimum Gasteiger partial charge on any atom is -0.389 e. The monoisotopic (exact) mass is 213 g/mol. The van der Waals surface area contributed by atoms with Crippen LogP contribution in [0.4, 0.5) is 0 Å². The van der Waals surface area contributed by atoms with Gasteiger partial charge in [-0.25, -0.2) is 0 Å². The Balaban J connectivity index is 2.31. The zero-order valence-electron chi connectivity index (χ0n) is 10.6. The zero-order chi connectivity index (χ0) is 11.3. The van der Waals surface area contributed by atoms with Crippen molar-refractivity contribution < 1.29 is 5.11 Å². The fourth-order valence-electron chi connectivity index (χ4n) is 2.75. The SMILES string of the molecule is CCC(CC)CN(C)CC1(O)CCCC1. The van der Waals surface area contributed by atoms with E-state index in [1.807, 2.05) is 0 Å². The molecule has 0 spiro atoms. The van der Waals surface area contributed by atoms with Crippen LogP contribution >= 0.6 is 0 Å². The summed E-state index contributed by atoms with van der Waals surface area (Å²) in [5.41, 5.74) is -0.374. The van der Waals surface area contributed by atoms with Crippen molar-refractivity contribution in [2.24, 2.45) is 5.92 Å². The van der Waals surface area contributed by atoms with Crippen molar-refractivity contribution in [1.29, 1.82) is 0 Å². The van der Waals surface area contributed by atoms with Gasteiger partial charge in [-0.1, -0.05) is 39.5 Å². The van der Waals surface area contributed by atoms with Crippen molar-refractivity contribution >= 4 is 0 Å². The summed E-state index contributed by atoms with van der Waals surface area (Å²) in [5, 5.41) is 10.3. The van der Waals surface area contributed by atoms with Crippen molar-refractivity contribution in [2.45, 2.75) is 58.0 Å². The van der Waals surface area contributed by atoms with Crippen LogP contribution in [-0.2, 0) is 0 Å².